The lowest BCUT2D eigenvalue weighted by Crippen LogP contribution is -2.81. The molecule has 1 heterocycles. The molecule has 0 N–H and O–H groups in total. The molecule has 0 fully saturated rings. The summed E-state index contributed by atoms with van der Waals surface area (Å²) in [6.45, 7) is 0.836. The minimum atomic E-state index is -7.22. The smallest absolute Gasteiger partial charge is 0.200 e. The lowest BCUT2D eigenvalue weighted by molar-refractivity contribution is -0.689. The molecule has 0 bridgehead atoms. The van der Waals surface area contributed by atoms with Crippen LogP contribution in [-0.2, 0) is 6.54 Å². The number of thiol groups is 1. The minimum absolute atomic E-state index is 0.836. The first-order valence-corrected chi connectivity index (χ1v) is 15.8. The molecule has 0 saturated heterocycles. The van der Waals surface area contributed by atoms with Crippen molar-refractivity contribution in [2.24, 2.45) is 0 Å². The third kappa shape index (κ3) is 6.99. The Morgan fingerprint density at radius 3 is 0.864 bits per heavy atom. The van der Waals surface area contributed by atoms with Crippen LogP contribution in [0.2, 0.25) is 0 Å². The molecule has 6 aromatic rings. The average Bonchev–Trinajstić information content (AvgIpc) is 3.22. The van der Waals surface area contributed by atoms with Crippen LogP contribution in [0.1, 0.15) is 5.56 Å². The van der Waals surface area contributed by atoms with Crippen molar-refractivity contribution in [3.63, 3.8) is 0 Å². The van der Waals surface area contributed by atoms with Crippen molar-refractivity contribution in [2.75, 3.05) is 0 Å². The number of benzene rings is 5. The van der Waals surface area contributed by atoms with Gasteiger partial charge < -0.3 is 0 Å². The van der Waals surface area contributed by atoms with E-state index in [1.165, 1.54) is 5.56 Å². The highest BCUT2D eigenvalue weighted by Crippen LogP contribution is 2.30. The predicted octanol–water partition coefficient (Wildman–Crippen LogP) is 7.55. The van der Waals surface area contributed by atoms with Crippen LogP contribution in [0.15, 0.2) is 53.9 Å². The van der Waals surface area contributed by atoms with Crippen LogP contribution in [0, 0.1) is 116 Å². The first-order valence-electron chi connectivity index (χ1n) is 15.4. The number of hydrogen-bond donors (Lipinski definition) is 1. The lowest BCUT2D eigenvalue weighted by Gasteiger charge is -2.44. The number of nitrogens with zero attached hydrogens (tertiary/aromatic N) is 2. The van der Waals surface area contributed by atoms with Crippen molar-refractivity contribution < 1.29 is 92.4 Å². The fourth-order valence-electron chi connectivity index (χ4n) is 6.17. The maximum absolute atomic E-state index is 15.4. The molecule has 5 aromatic carbocycles. The highest BCUT2D eigenvalue weighted by atomic mass is 32.1. The Morgan fingerprint density at radius 1 is 0.373 bits per heavy atom. The van der Waals surface area contributed by atoms with Crippen molar-refractivity contribution in [2.45, 2.75) is 11.4 Å². The predicted molar refractivity (Wildman–Crippen MR) is 166 cm³/mol. The van der Waals surface area contributed by atoms with Crippen molar-refractivity contribution in [1.82, 2.24) is 4.98 Å². The van der Waals surface area contributed by atoms with Gasteiger partial charge in [0, 0.05) is 10.5 Å². The third-order valence-corrected chi connectivity index (χ3v) is 9.18. The zero-order chi connectivity index (χ0) is 44.2. The molecule has 0 aliphatic rings. The van der Waals surface area contributed by atoms with E-state index in [0.717, 1.165) is 11.4 Å². The van der Waals surface area contributed by atoms with Gasteiger partial charge in [-0.25, -0.2) is 87.8 Å². The van der Waals surface area contributed by atoms with Crippen LogP contribution in [0.5, 0.6) is 0 Å². The number of aromatic nitrogens is 2. The van der Waals surface area contributed by atoms with E-state index in [1.807, 2.05) is 30.6 Å². The first-order chi connectivity index (χ1) is 27.6. The molecule has 59 heavy (non-hydrogen) atoms. The zero-order valence-corrected chi connectivity index (χ0v) is 28.7. The SMILES string of the molecule is Fc1c(F)c(F)c([B-](c2c(F)c(F)c(F)c(F)c2F)(c2c(F)c(F)c(F)c(F)c2F)c2c(F)c(F)c(F)c(F)c2F)c(F)c1F.Sc1ccccc1C[n+]1ccncc1. The Labute approximate surface area is 320 Å². The molecule has 310 valence electrons. The van der Waals surface area contributed by atoms with E-state index in [0.29, 0.717) is 0 Å². The van der Waals surface area contributed by atoms with Crippen LogP contribution in [-0.4, -0.2) is 11.1 Å². The van der Waals surface area contributed by atoms with E-state index in [1.54, 1.807) is 12.4 Å². The van der Waals surface area contributed by atoms with Crippen LogP contribution in [0.25, 0.3) is 0 Å². The van der Waals surface area contributed by atoms with Gasteiger partial charge in [0.1, 0.15) is 52.7 Å². The van der Waals surface area contributed by atoms with E-state index in [2.05, 4.69) is 28.2 Å². The van der Waals surface area contributed by atoms with E-state index in [9.17, 15) is 52.7 Å². The van der Waals surface area contributed by atoms with Gasteiger partial charge in [-0.15, -0.1) is 34.5 Å². The molecule has 0 aliphatic carbocycles. The third-order valence-electron chi connectivity index (χ3n) is 8.74. The summed E-state index contributed by atoms with van der Waals surface area (Å²) in [4.78, 5) is 4.99. The van der Waals surface area contributed by atoms with Gasteiger partial charge >= 0.3 is 0 Å². The summed E-state index contributed by atoms with van der Waals surface area (Å²) in [5.41, 5.74) is -13.1. The Morgan fingerprint density at radius 2 is 0.610 bits per heavy atom. The second kappa shape index (κ2) is 16.4. The van der Waals surface area contributed by atoms with E-state index in [-0.39, 0.29) is 0 Å². The minimum Gasteiger partial charge on any atom is -0.252 e. The fraction of sp³-hybridized carbons (Fsp3) is 0.0286. The van der Waals surface area contributed by atoms with E-state index in [4.69, 9.17) is 0 Å². The Balaban J connectivity index is 0.000000395. The fourth-order valence-corrected chi connectivity index (χ4v) is 6.40. The molecular weight excluding hydrogens is 871 g/mol. The summed E-state index contributed by atoms with van der Waals surface area (Å²) in [7, 11) is 0. The normalized spacial score (nSPS) is 11.5. The number of hydrogen-bond acceptors (Lipinski definition) is 2. The van der Waals surface area contributed by atoms with Crippen molar-refractivity contribution in [1.29, 1.82) is 0 Å². The summed E-state index contributed by atoms with van der Waals surface area (Å²) in [5, 5.41) is 0. The topological polar surface area (TPSA) is 16.8 Å². The van der Waals surface area contributed by atoms with Gasteiger partial charge in [-0.1, -0.05) is 18.2 Å². The molecule has 24 heteroatoms. The van der Waals surface area contributed by atoms with Gasteiger partial charge in [-0.05, 0) is 6.07 Å². The molecular formula is C35H11BF20N2S. The lowest BCUT2D eigenvalue weighted by atomic mass is 9.12. The summed E-state index contributed by atoms with van der Waals surface area (Å²) in [6, 6.07) is 8.09. The van der Waals surface area contributed by atoms with Gasteiger partial charge in [0.15, 0.2) is 88.7 Å². The quantitative estimate of drug-likeness (QED) is 0.0457. The largest absolute Gasteiger partial charge is 0.252 e. The summed E-state index contributed by atoms with van der Waals surface area (Å²) >= 11 is 4.40. The van der Waals surface area contributed by atoms with Crippen LogP contribution in [0.3, 0.4) is 0 Å². The summed E-state index contributed by atoms with van der Waals surface area (Å²) < 4.78 is 296. The maximum Gasteiger partial charge on any atom is 0.200 e. The Bertz CT molecular complexity index is 2280. The van der Waals surface area contributed by atoms with Gasteiger partial charge in [-0.3, -0.25) is 4.98 Å². The standard InChI is InChI=1S/C24BF20.C11H10N2S/c26-5-1(6(27)14(35)21(42)13(5)34)25(2-7(28)15(36)22(43)16(37)8(2)29,3-9(30)17(38)23(44)18(39)10(3)31)4-11(32)19(40)24(45)20(41)12(4)33;14-11-4-2-1-3-10(11)9-13-7-5-12-6-8-13/h;1-8H,9H2/q-1;/p+1. The highest BCUT2D eigenvalue weighted by molar-refractivity contribution is 7.80. The Hall–Kier alpha value is -5.81. The Kier molecular flexibility index (Phi) is 12.4. The molecule has 0 saturated carbocycles. The number of rotatable bonds is 6. The van der Waals surface area contributed by atoms with Crippen LogP contribution >= 0.6 is 12.6 Å². The van der Waals surface area contributed by atoms with Gasteiger partial charge in [-0.2, -0.15) is 4.57 Å². The van der Waals surface area contributed by atoms with Crippen molar-refractivity contribution in [3.8, 4) is 0 Å². The molecule has 0 unspecified atom stereocenters. The first kappa shape index (κ1) is 44.3. The molecule has 1 aromatic heterocycles. The molecule has 2 nitrogen and oxygen atoms in total. The monoisotopic (exact) mass is 882 g/mol. The molecule has 0 aliphatic heterocycles. The molecule has 0 radical (unpaired) electrons. The summed E-state index contributed by atoms with van der Waals surface area (Å²) in [6.07, 6.45) is 0.230. The molecule has 6 rings (SSSR count). The van der Waals surface area contributed by atoms with E-state index < -0.39 is 144 Å². The van der Waals surface area contributed by atoms with Crippen LogP contribution < -0.4 is 26.4 Å². The van der Waals surface area contributed by atoms with Crippen LogP contribution in [0.4, 0.5) is 87.8 Å². The van der Waals surface area contributed by atoms with Crippen molar-refractivity contribution >= 4 is 40.6 Å². The van der Waals surface area contributed by atoms with Crippen molar-refractivity contribution in [3.05, 3.63) is 171 Å². The molecule has 0 spiro atoms. The number of halogens is 20. The van der Waals surface area contributed by atoms with E-state index >= 15 is 35.1 Å². The molecule has 0 atom stereocenters. The average molecular weight is 882 g/mol. The zero-order valence-electron chi connectivity index (χ0n) is 27.8. The second-order valence-corrected chi connectivity index (χ2v) is 12.3. The van der Waals surface area contributed by atoms with Gasteiger partial charge in [0.05, 0.1) is 12.4 Å². The highest BCUT2D eigenvalue weighted by Gasteiger charge is 2.52. The second-order valence-electron chi connectivity index (χ2n) is 11.8. The van der Waals surface area contributed by atoms with Gasteiger partial charge in [0.2, 0.25) is 0 Å². The summed E-state index contributed by atoms with van der Waals surface area (Å²) in [5.74, 6) is -71.4. The van der Waals surface area contributed by atoms with Gasteiger partial charge in [0.25, 0.3) is 0 Å². The molecule has 0 amide bonds. The maximum atomic E-state index is 15.4.